The van der Waals surface area contributed by atoms with E-state index in [0.29, 0.717) is 6.54 Å². The molecule has 5 N–H and O–H groups in total. The molecule has 0 radical (unpaired) electrons. The van der Waals surface area contributed by atoms with Gasteiger partial charge >= 0.3 is 0 Å². The van der Waals surface area contributed by atoms with Crippen molar-refractivity contribution in [2.45, 2.75) is 25.9 Å². The highest BCUT2D eigenvalue weighted by molar-refractivity contribution is 4.81. The van der Waals surface area contributed by atoms with Crippen LogP contribution in [0, 0.1) is 0 Å². The van der Waals surface area contributed by atoms with E-state index in [1.807, 2.05) is 0 Å². The number of hydrogen-bond donors (Lipinski definition) is 3. The quantitative estimate of drug-likeness (QED) is 0.483. The molecular weight excluding hydrogens is 154 g/mol. The molecule has 0 spiro atoms. The van der Waals surface area contributed by atoms with Crippen LogP contribution in [-0.2, 0) is 0 Å². The zero-order valence-corrected chi connectivity index (χ0v) is 8.03. The first-order chi connectivity index (χ1) is 5.71. The van der Waals surface area contributed by atoms with Gasteiger partial charge in [0.05, 0.1) is 6.61 Å². The highest BCUT2D eigenvalue weighted by Gasteiger charge is 2.20. The van der Waals surface area contributed by atoms with Crippen molar-refractivity contribution in [3.8, 4) is 0 Å². The lowest BCUT2D eigenvalue weighted by molar-refractivity contribution is 0.115. The van der Waals surface area contributed by atoms with Crippen LogP contribution in [0.2, 0.25) is 0 Å². The molecule has 4 nitrogen and oxygen atoms in total. The molecule has 0 bridgehead atoms. The molecule has 0 aliphatic heterocycles. The van der Waals surface area contributed by atoms with E-state index in [1.54, 1.807) is 0 Å². The smallest absolute Gasteiger partial charge is 0.0602 e. The minimum absolute atomic E-state index is 0.00463. The average Bonchev–Trinajstić information content (AvgIpc) is 2.12. The minimum Gasteiger partial charge on any atom is -0.395 e. The van der Waals surface area contributed by atoms with Gasteiger partial charge in [0, 0.05) is 18.6 Å². The summed E-state index contributed by atoms with van der Waals surface area (Å²) in [4.78, 5) is 2.12. The Kier molecular flexibility index (Phi) is 6.28. The van der Waals surface area contributed by atoms with Gasteiger partial charge in [-0.1, -0.05) is 13.8 Å². The second-order valence-electron chi connectivity index (χ2n) is 2.87. The van der Waals surface area contributed by atoms with Crippen LogP contribution in [0.3, 0.4) is 0 Å². The lowest BCUT2D eigenvalue weighted by Crippen LogP contribution is -2.53. The Morgan fingerprint density at radius 2 is 1.83 bits per heavy atom. The van der Waals surface area contributed by atoms with Gasteiger partial charge in [-0.2, -0.15) is 0 Å². The van der Waals surface area contributed by atoms with Gasteiger partial charge in [-0.05, 0) is 13.1 Å². The number of aliphatic hydroxyl groups excluding tert-OH is 1. The first-order valence-electron chi connectivity index (χ1n) is 4.51. The maximum Gasteiger partial charge on any atom is 0.0602 e. The molecule has 2 atom stereocenters. The van der Waals surface area contributed by atoms with Crippen molar-refractivity contribution in [1.29, 1.82) is 0 Å². The van der Waals surface area contributed by atoms with Crippen molar-refractivity contribution in [2.75, 3.05) is 26.2 Å². The van der Waals surface area contributed by atoms with Crippen LogP contribution in [0.25, 0.3) is 0 Å². The Labute approximate surface area is 74.5 Å². The van der Waals surface area contributed by atoms with Gasteiger partial charge in [-0.25, -0.2) is 0 Å². The monoisotopic (exact) mass is 175 g/mol. The molecule has 0 aromatic heterocycles. The van der Waals surface area contributed by atoms with E-state index in [4.69, 9.17) is 16.6 Å². The number of aliphatic hydroxyl groups is 1. The molecule has 0 aromatic carbocycles. The molecule has 0 heterocycles. The zero-order valence-electron chi connectivity index (χ0n) is 8.03. The fourth-order valence-electron chi connectivity index (χ4n) is 1.37. The van der Waals surface area contributed by atoms with Gasteiger partial charge < -0.3 is 16.6 Å². The van der Waals surface area contributed by atoms with Crippen LogP contribution in [0.1, 0.15) is 13.8 Å². The van der Waals surface area contributed by atoms with Gasteiger partial charge in [0.2, 0.25) is 0 Å². The van der Waals surface area contributed by atoms with Crippen LogP contribution in [-0.4, -0.2) is 48.3 Å². The lowest BCUT2D eigenvalue weighted by atomic mass is 10.1. The highest BCUT2D eigenvalue weighted by Crippen LogP contribution is 2.01. The van der Waals surface area contributed by atoms with E-state index < -0.39 is 0 Å². The standard InChI is InChI=1S/C8H21N3O/c1-3-11(4-2)8(6-12)7(10)5-9/h7-8,12H,3-6,9-10H2,1-2H3. The topological polar surface area (TPSA) is 75.5 Å². The summed E-state index contributed by atoms with van der Waals surface area (Å²) in [6.45, 7) is 6.40. The fourth-order valence-corrected chi connectivity index (χ4v) is 1.37. The third kappa shape index (κ3) is 3.06. The Morgan fingerprint density at radius 1 is 1.33 bits per heavy atom. The molecule has 2 unspecified atom stereocenters. The summed E-state index contributed by atoms with van der Waals surface area (Å²) in [5.74, 6) is 0. The minimum atomic E-state index is -0.130. The summed E-state index contributed by atoms with van der Waals surface area (Å²) in [5, 5.41) is 9.08. The first-order valence-corrected chi connectivity index (χ1v) is 4.51. The normalized spacial score (nSPS) is 16.5. The third-order valence-corrected chi connectivity index (χ3v) is 2.23. The molecule has 0 aliphatic rings. The number of hydrogen-bond acceptors (Lipinski definition) is 4. The molecule has 0 saturated carbocycles. The molecule has 0 aliphatic carbocycles. The number of nitrogens with two attached hydrogens (primary N) is 2. The number of nitrogens with zero attached hydrogens (tertiary/aromatic N) is 1. The summed E-state index contributed by atoms with van der Waals surface area (Å²) in [6.07, 6.45) is 0. The average molecular weight is 175 g/mol. The Morgan fingerprint density at radius 3 is 2.08 bits per heavy atom. The fraction of sp³-hybridized carbons (Fsp3) is 1.00. The maximum absolute atomic E-state index is 9.08. The van der Waals surface area contributed by atoms with Crippen molar-refractivity contribution < 1.29 is 5.11 Å². The molecule has 0 aromatic rings. The van der Waals surface area contributed by atoms with Crippen molar-refractivity contribution in [3.05, 3.63) is 0 Å². The van der Waals surface area contributed by atoms with E-state index in [-0.39, 0.29) is 18.7 Å². The second-order valence-corrected chi connectivity index (χ2v) is 2.87. The van der Waals surface area contributed by atoms with Gasteiger partial charge in [0.15, 0.2) is 0 Å². The molecule has 0 rings (SSSR count). The first kappa shape index (κ1) is 11.8. The number of rotatable bonds is 6. The van der Waals surface area contributed by atoms with E-state index >= 15 is 0 Å². The SMILES string of the molecule is CCN(CC)C(CO)C(N)CN. The lowest BCUT2D eigenvalue weighted by Gasteiger charge is -2.31. The summed E-state index contributed by atoms with van der Waals surface area (Å²) >= 11 is 0. The molecular formula is C8H21N3O. The molecule has 74 valence electrons. The Hall–Kier alpha value is -0.160. The van der Waals surface area contributed by atoms with E-state index in [1.165, 1.54) is 0 Å². The van der Waals surface area contributed by atoms with Crippen LogP contribution < -0.4 is 11.5 Å². The van der Waals surface area contributed by atoms with Crippen LogP contribution in [0.15, 0.2) is 0 Å². The van der Waals surface area contributed by atoms with Gasteiger partial charge in [-0.15, -0.1) is 0 Å². The third-order valence-electron chi connectivity index (χ3n) is 2.23. The van der Waals surface area contributed by atoms with Gasteiger partial charge in [0.1, 0.15) is 0 Å². The van der Waals surface area contributed by atoms with Crippen LogP contribution >= 0.6 is 0 Å². The largest absolute Gasteiger partial charge is 0.395 e. The van der Waals surface area contributed by atoms with Crippen molar-refractivity contribution in [3.63, 3.8) is 0 Å². The zero-order chi connectivity index (χ0) is 9.56. The van der Waals surface area contributed by atoms with Crippen LogP contribution in [0.5, 0.6) is 0 Å². The van der Waals surface area contributed by atoms with E-state index in [0.717, 1.165) is 13.1 Å². The van der Waals surface area contributed by atoms with E-state index in [2.05, 4.69) is 18.7 Å². The predicted octanol–water partition coefficient (Wildman–Crippen LogP) is -1.02. The van der Waals surface area contributed by atoms with Crippen molar-refractivity contribution in [2.24, 2.45) is 11.5 Å². The molecule has 0 fully saturated rings. The second kappa shape index (κ2) is 6.37. The Balaban J connectivity index is 4.09. The van der Waals surface area contributed by atoms with E-state index in [9.17, 15) is 0 Å². The maximum atomic E-state index is 9.08. The van der Waals surface area contributed by atoms with Gasteiger partial charge in [0.25, 0.3) is 0 Å². The summed E-state index contributed by atoms with van der Waals surface area (Å²) in [6, 6.07) is -0.125. The predicted molar refractivity (Wildman–Crippen MR) is 50.8 cm³/mol. The highest BCUT2D eigenvalue weighted by atomic mass is 16.3. The Bertz CT molecular complexity index is 106. The van der Waals surface area contributed by atoms with Gasteiger partial charge in [-0.3, -0.25) is 4.90 Å². The van der Waals surface area contributed by atoms with Crippen molar-refractivity contribution in [1.82, 2.24) is 4.90 Å². The summed E-state index contributed by atoms with van der Waals surface area (Å²) in [7, 11) is 0. The molecule has 4 heteroatoms. The molecule has 0 amide bonds. The molecule has 0 saturated heterocycles. The van der Waals surface area contributed by atoms with Crippen LogP contribution in [0.4, 0.5) is 0 Å². The number of likely N-dealkylation sites (N-methyl/N-ethyl adjacent to an activating group) is 1. The van der Waals surface area contributed by atoms with Crippen molar-refractivity contribution >= 4 is 0 Å². The molecule has 12 heavy (non-hydrogen) atoms. The summed E-state index contributed by atoms with van der Waals surface area (Å²) < 4.78 is 0. The summed E-state index contributed by atoms with van der Waals surface area (Å²) in [5.41, 5.74) is 11.2.